The van der Waals surface area contributed by atoms with E-state index in [2.05, 4.69) is 29.5 Å². The van der Waals surface area contributed by atoms with E-state index in [0.717, 1.165) is 24.2 Å². The highest BCUT2D eigenvalue weighted by molar-refractivity contribution is 5.82. The fraction of sp³-hybridized carbons (Fsp3) is 0.412. The van der Waals surface area contributed by atoms with Gasteiger partial charge in [-0.15, -0.1) is 0 Å². The largest absolute Gasteiger partial charge is 0.352 e. The highest BCUT2D eigenvalue weighted by atomic mass is 16.2. The van der Waals surface area contributed by atoms with Crippen molar-refractivity contribution in [3.8, 4) is 0 Å². The standard InChI is InChI=1S/C17H21N3O/c1-3-20-12(2)14(11-19-20)10-18-17(21)16-9-15(16)13-7-5-4-6-8-13/h4-8,11,15-16H,3,9-10H2,1-2H3,(H,18,21)/t15-,16+/m1/s1. The van der Waals surface area contributed by atoms with Gasteiger partial charge in [-0.3, -0.25) is 9.48 Å². The first-order valence-electron chi connectivity index (χ1n) is 7.54. The zero-order chi connectivity index (χ0) is 14.8. The van der Waals surface area contributed by atoms with E-state index in [9.17, 15) is 4.79 Å². The van der Waals surface area contributed by atoms with E-state index in [1.807, 2.05) is 36.0 Å². The van der Waals surface area contributed by atoms with E-state index in [0.29, 0.717) is 12.5 Å². The Morgan fingerprint density at radius 1 is 1.38 bits per heavy atom. The number of carbonyl (C=O) groups excluding carboxylic acids is 1. The van der Waals surface area contributed by atoms with E-state index in [-0.39, 0.29) is 11.8 Å². The van der Waals surface area contributed by atoms with Gasteiger partial charge >= 0.3 is 0 Å². The average molecular weight is 283 g/mol. The van der Waals surface area contributed by atoms with Gasteiger partial charge in [-0.25, -0.2) is 0 Å². The number of hydrogen-bond donors (Lipinski definition) is 1. The van der Waals surface area contributed by atoms with Gasteiger partial charge in [-0.2, -0.15) is 5.10 Å². The van der Waals surface area contributed by atoms with Crippen molar-refractivity contribution < 1.29 is 4.79 Å². The Morgan fingerprint density at radius 2 is 2.14 bits per heavy atom. The first-order chi connectivity index (χ1) is 10.2. The first-order valence-corrected chi connectivity index (χ1v) is 7.54. The topological polar surface area (TPSA) is 46.9 Å². The normalized spacial score (nSPS) is 20.3. The monoisotopic (exact) mass is 283 g/mol. The van der Waals surface area contributed by atoms with Crippen LogP contribution in [0.3, 0.4) is 0 Å². The van der Waals surface area contributed by atoms with Crippen molar-refractivity contribution in [1.82, 2.24) is 15.1 Å². The Bertz CT molecular complexity index is 633. The van der Waals surface area contributed by atoms with Crippen LogP contribution in [0.1, 0.15) is 36.1 Å². The van der Waals surface area contributed by atoms with Gasteiger partial charge in [0.05, 0.1) is 6.20 Å². The third-order valence-electron chi connectivity index (χ3n) is 4.31. The predicted octanol–water partition coefficient (Wildman–Crippen LogP) is 2.63. The van der Waals surface area contributed by atoms with Gasteiger partial charge in [-0.05, 0) is 31.7 Å². The highest BCUT2D eigenvalue weighted by Gasteiger charge is 2.43. The predicted molar refractivity (Wildman–Crippen MR) is 81.8 cm³/mol. The Balaban J connectivity index is 1.55. The number of aryl methyl sites for hydroxylation is 1. The molecule has 1 heterocycles. The lowest BCUT2D eigenvalue weighted by Gasteiger charge is -2.05. The first kappa shape index (κ1) is 13.9. The SMILES string of the molecule is CCn1ncc(CNC(=O)[C@H]2C[C@@H]2c2ccccc2)c1C. The summed E-state index contributed by atoms with van der Waals surface area (Å²) in [5.41, 5.74) is 3.50. The van der Waals surface area contributed by atoms with Crippen LogP contribution >= 0.6 is 0 Å². The second-order valence-electron chi connectivity index (χ2n) is 5.65. The van der Waals surface area contributed by atoms with Crippen LogP contribution in [0.15, 0.2) is 36.5 Å². The minimum Gasteiger partial charge on any atom is -0.352 e. The van der Waals surface area contributed by atoms with Crippen LogP contribution in [0.4, 0.5) is 0 Å². The van der Waals surface area contributed by atoms with Crippen molar-refractivity contribution in [1.29, 1.82) is 0 Å². The number of benzene rings is 1. The Morgan fingerprint density at radius 3 is 2.81 bits per heavy atom. The van der Waals surface area contributed by atoms with Crippen molar-refractivity contribution in [3.63, 3.8) is 0 Å². The molecule has 0 unspecified atom stereocenters. The Kier molecular flexibility index (Phi) is 3.78. The number of nitrogens with one attached hydrogen (secondary N) is 1. The van der Waals surface area contributed by atoms with Crippen molar-refractivity contribution in [2.45, 2.75) is 39.3 Å². The smallest absolute Gasteiger partial charge is 0.224 e. The molecule has 21 heavy (non-hydrogen) atoms. The summed E-state index contributed by atoms with van der Waals surface area (Å²) >= 11 is 0. The molecule has 0 saturated heterocycles. The van der Waals surface area contributed by atoms with Crippen LogP contribution in [-0.4, -0.2) is 15.7 Å². The van der Waals surface area contributed by atoms with Gasteiger partial charge in [0.2, 0.25) is 5.91 Å². The molecule has 4 heteroatoms. The molecule has 1 aromatic carbocycles. The molecule has 0 aliphatic heterocycles. The molecule has 1 fully saturated rings. The molecule has 1 saturated carbocycles. The number of rotatable bonds is 5. The van der Waals surface area contributed by atoms with Crippen molar-refractivity contribution in [2.24, 2.45) is 5.92 Å². The van der Waals surface area contributed by atoms with Crippen LogP contribution < -0.4 is 5.32 Å². The molecule has 3 rings (SSSR count). The number of nitrogens with zero attached hydrogens (tertiary/aromatic N) is 2. The van der Waals surface area contributed by atoms with Crippen molar-refractivity contribution >= 4 is 5.91 Å². The summed E-state index contributed by atoms with van der Waals surface area (Å²) in [6.45, 7) is 5.54. The van der Waals surface area contributed by atoms with E-state index < -0.39 is 0 Å². The lowest BCUT2D eigenvalue weighted by molar-refractivity contribution is -0.122. The third kappa shape index (κ3) is 2.84. The van der Waals surface area contributed by atoms with Gasteiger partial charge in [-0.1, -0.05) is 30.3 Å². The van der Waals surface area contributed by atoms with E-state index in [4.69, 9.17) is 0 Å². The maximum Gasteiger partial charge on any atom is 0.224 e. The lowest BCUT2D eigenvalue weighted by Crippen LogP contribution is -2.25. The van der Waals surface area contributed by atoms with Crippen LogP contribution in [0.2, 0.25) is 0 Å². The molecule has 2 atom stereocenters. The quantitative estimate of drug-likeness (QED) is 0.917. The third-order valence-corrected chi connectivity index (χ3v) is 4.31. The molecular formula is C17H21N3O. The van der Waals surface area contributed by atoms with E-state index >= 15 is 0 Å². The van der Waals surface area contributed by atoms with Gasteiger partial charge in [0.15, 0.2) is 0 Å². The summed E-state index contributed by atoms with van der Waals surface area (Å²) in [4.78, 5) is 12.2. The molecule has 4 nitrogen and oxygen atoms in total. The summed E-state index contributed by atoms with van der Waals surface area (Å²) in [7, 11) is 0. The fourth-order valence-corrected chi connectivity index (χ4v) is 2.84. The molecule has 2 aromatic rings. The number of aromatic nitrogens is 2. The van der Waals surface area contributed by atoms with E-state index in [1.54, 1.807) is 0 Å². The summed E-state index contributed by atoms with van der Waals surface area (Å²) < 4.78 is 1.95. The number of amides is 1. The average Bonchev–Trinajstić information content (AvgIpc) is 3.24. The molecular weight excluding hydrogens is 262 g/mol. The lowest BCUT2D eigenvalue weighted by atomic mass is 10.1. The number of hydrogen-bond acceptors (Lipinski definition) is 2. The van der Waals surface area contributed by atoms with Crippen molar-refractivity contribution in [3.05, 3.63) is 53.3 Å². The van der Waals surface area contributed by atoms with Gasteiger partial charge in [0.25, 0.3) is 0 Å². The maximum absolute atomic E-state index is 12.2. The molecule has 1 aromatic heterocycles. The van der Waals surface area contributed by atoms with Crippen LogP contribution in [0, 0.1) is 12.8 Å². The second kappa shape index (κ2) is 5.72. The number of carbonyl (C=O) groups is 1. The molecule has 1 aliphatic rings. The molecule has 1 N–H and O–H groups in total. The minimum absolute atomic E-state index is 0.133. The Labute approximate surface area is 125 Å². The summed E-state index contributed by atoms with van der Waals surface area (Å²) in [6.07, 6.45) is 2.81. The van der Waals surface area contributed by atoms with Gasteiger partial charge in [0.1, 0.15) is 0 Å². The molecule has 0 bridgehead atoms. The minimum atomic E-state index is 0.133. The summed E-state index contributed by atoms with van der Waals surface area (Å²) in [6, 6.07) is 10.3. The Hall–Kier alpha value is -2.10. The van der Waals surface area contributed by atoms with E-state index in [1.165, 1.54) is 5.56 Å². The van der Waals surface area contributed by atoms with Crippen LogP contribution in [0.25, 0.3) is 0 Å². The molecule has 110 valence electrons. The van der Waals surface area contributed by atoms with Gasteiger partial charge < -0.3 is 5.32 Å². The zero-order valence-corrected chi connectivity index (χ0v) is 12.5. The summed E-state index contributed by atoms with van der Waals surface area (Å²) in [5.74, 6) is 0.687. The summed E-state index contributed by atoms with van der Waals surface area (Å²) in [5, 5.41) is 7.35. The second-order valence-corrected chi connectivity index (χ2v) is 5.65. The van der Waals surface area contributed by atoms with Crippen LogP contribution in [-0.2, 0) is 17.9 Å². The van der Waals surface area contributed by atoms with Crippen molar-refractivity contribution in [2.75, 3.05) is 0 Å². The zero-order valence-electron chi connectivity index (χ0n) is 12.5. The fourth-order valence-electron chi connectivity index (χ4n) is 2.84. The van der Waals surface area contributed by atoms with Gasteiger partial charge in [0, 0.05) is 30.3 Å². The maximum atomic E-state index is 12.2. The highest BCUT2D eigenvalue weighted by Crippen LogP contribution is 2.47. The molecule has 1 amide bonds. The molecule has 1 aliphatic carbocycles. The molecule has 0 radical (unpaired) electrons. The molecule has 0 spiro atoms. The van der Waals surface area contributed by atoms with Crippen LogP contribution in [0.5, 0.6) is 0 Å².